The lowest BCUT2D eigenvalue weighted by Crippen LogP contribution is -1.94. The molecule has 0 radical (unpaired) electrons. The van der Waals surface area contributed by atoms with E-state index in [2.05, 4.69) is 9.97 Å². The number of hydrogen-bond donors (Lipinski definition) is 0. The van der Waals surface area contributed by atoms with E-state index in [1.165, 1.54) is 5.56 Å². The maximum Gasteiger partial charge on any atom is 0.144 e. The maximum atomic E-state index is 8.85. The highest BCUT2D eigenvalue weighted by Crippen LogP contribution is 2.18. The Kier molecular flexibility index (Phi) is 2.65. The van der Waals surface area contributed by atoms with E-state index in [9.17, 15) is 0 Å². The monoisotopic (exact) mass is 209 g/mol. The lowest BCUT2D eigenvalue weighted by molar-refractivity contribution is 1.04. The minimum absolute atomic E-state index is 0.406. The van der Waals surface area contributed by atoms with E-state index in [1.807, 2.05) is 37.3 Å². The van der Waals surface area contributed by atoms with Crippen LogP contribution in [-0.4, -0.2) is 9.97 Å². The van der Waals surface area contributed by atoms with E-state index in [1.54, 1.807) is 13.0 Å². The average Bonchev–Trinajstić information content (AvgIpc) is 2.28. The fourth-order valence-corrected chi connectivity index (χ4v) is 1.58. The molecule has 2 rings (SSSR count). The number of rotatable bonds is 1. The van der Waals surface area contributed by atoms with E-state index >= 15 is 0 Å². The molecule has 1 heterocycles. The van der Waals surface area contributed by atoms with Gasteiger partial charge in [0.1, 0.15) is 17.6 Å². The van der Waals surface area contributed by atoms with Crippen LogP contribution < -0.4 is 0 Å². The van der Waals surface area contributed by atoms with Gasteiger partial charge in [-0.25, -0.2) is 9.97 Å². The SMILES string of the molecule is Cc1cccc(-c2cc(C#N)nc(C)n2)c1. The summed E-state index contributed by atoms with van der Waals surface area (Å²) in [5.41, 5.74) is 3.39. The Morgan fingerprint density at radius 3 is 2.62 bits per heavy atom. The van der Waals surface area contributed by atoms with Crippen molar-refractivity contribution in [2.75, 3.05) is 0 Å². The molecule has 0 aliphatic rings. The van der Waals surface area contributed by atoms with Crippen LogP contribution in [0.25, 0.3) is 11.3 Å². The Hall–Kier alpha value is -2.21. The highest BCUT2D eigenvalue weighted by Gasteiger charge is 2.03. The number of benzene rings is 1. The third kappa shape index (κ3) is 2.06. The first-order valence-corrected chi connectivity index (χ1v) is 5.02. The Balaban J connectivity index is 2.56. The molecule has 0 N–H and O–H groups in total. The molecule has 0 bridgehead atoms. The third-order valence-corrected chi connectivity index (χ3v) is 2.27. The van der Waals surface area contributed by atoms with Gasteiger partial charge in [-0.1, -0.05) is 23.8 Å². The smallest absolute Gasteiger partial charge is 0.144 e. The molecule has 0 aliphatic carbocycles. The summed E-state index contributed by atoms with van der Waals surface area (Å²) in [6.45, 7) is 3.82. The molecular formula is C13H11N3. The Labute approximate surface area is 94.4 Å². The normalized spacial score (nSPS) is 9.81. The van der Waals surface area contributed by atoms with Crippen LogP contribution >= 0.6 is 0 Å². The Morgan fingerprint density at radius 2 is 1.94 bits per heavy atom. The quantitative estimate of drug-likeness (QED) is 0.725. The standard InChI is InChI=1S/C13H11N3/c1-9-4-3-5-11(6-9)13-7-12(8-14)15-10(2)16-13/h3-7H,1-2H3. The molecule has 1 aromatic carbocycles. The number of aromatic nitrogens is 2. The summed E-state index contributed by atoms with van der Waals surface area (Å²) in [7, 11) is 0. The van der Waals surface area contributed by atoms with Crippen LogP contribution in [0, 0.1) is 25.2 Å². The first-order valence-electron chi connectivity index (χ1n) is 5.02. The largest absolute Gasteiger partial charge is 0.233 e. The molecule has 0 fully saturated rings. The molecular weight excluding hydrogens is 198 g/mol. The van der Waals surface area contributed by atoms with Crippen LogP contribution in [0.2, 0.25) is 0 Å². The van der Waals surface area contributed by atoms with Crippen molar-refractivity contribution >= 4 is 0 Å². The van der Waals surface area contributed by atoms with Crippen molar-refractivity contribution in [2.45, 2.75) is 13.8 Å². The van der Waals surface area contributed by atoms with Crippen molar-refractivity contribution in [3.05, 3.63) is 47.4 Å². The minimum atomic E-state index is 0.406. The van der Waals surface area contributed by atoms with Crippen LogP contribution in [0.1, 0.15) is 17.1 Å². The van der Waals surface area contributed by atoms with Gasteiger partial charge in [0.25, 0.3) is 0 Å². The molecule has 0 aliphatic heterocycles. The van der Waals surface area contributed by atoms with E-state index in [0.717, 1.165) is 11.3 Å². The van der Waals surface area contributed by atoms with Gasteiger partial charge in [0.15, 0.2) is 0 Å². The zero-order valence-electron chi connectivity index (χ0n) is 9.23. The fourth-order valence-electron chi connectivity index (χ4n) is 1.58. The van der Waals surface area contributed by atoms with Crippen LogP contribution in [0.15, 0.2) is 30.3 Å². The second kappa shape index (κ2) is 4.11. The van der Waals surface area contributed by atoms with Crippen LogP contribution in [0.5, 0.6) is 0 Å². The molecule has 16 heavy (non-hydrogen) atoms. The molecule has 78 valence electrons. The number of nitrogens with zero attached hydrogens (tertiary/aromatic N) is 3. The summed E-state index contributed by atoms with van der Waals surface area (Å²) in [6, 6.07) is 11.8. The van der Waals surface area contributed by atoms with E-state index < -0.39 is 0 Å². The summed E-state index contributed by atoms with van der Waals surface area (Å²) in [6.07, 6.45) is 0. The molecule has 0 spiro atoms. The number of hydrogen-bond acceptors (Lipinski definition) is 3. The van der Waals surface area contributed by atoms with Gasteiger partial charge < -0.3 is 0 Å². The van der Waals surface area contributed by atoms with Crippen LogP contribution in [-0.2, 0) is 0 Å². The highest BCUT2D eigenvalue weighted by molar-refractivity contribution is 5.61. The lowest BCUT2D eigenvalue weighted by atomic mass is 10.1. The Bertz CT molecular complexity index is 568. The lowest BCUT2D eigenvalue weighted by Gasteiger charge is -2.03. The highest BCUT2D eigenvalue weighted by atomic mass is 14.9. The van der Waals surface area contributed by atoms with Crippen molar-refractivity contribution in [1.82, 2.24) is 9.97 Å². The van der Waals surface area contributed by atoms with Crippen molar-refractivity contribution in [2.24, 2.45) is 0 Å². The second-order valence-electron chi connectivity index (χ2n) is 3.67. The molecule has 0 atom stereocenters. The molecule has 3 heteroatoms. The molecule has 0 amide bonds. The topological polar surface area (TPSA) is 49.6 Å². The van der Waals surface area contributed by atoms with Crippen molar-refractivity contribution < 1.29 is 0 Å². The van der Waals surface area contributed by atoms with Crippen LogP contribution in [0.4, 0.5) is 0 Å². The summed E-state index contributed by atoms with van der Waals surface area (Å²) >= 11 is 0. The van der Waals surface area contributed by atoms with Gasteiger partial charge >= 0.3 is 0 Å². The van der Waals surface area contributed by atoms with E-state index in [-0.39, 0.29) is 0 Å². The summed E-state index contributed by atoms with van der Waals surface area (Å²) in [4.78, 5) is 8.36. The zero-order valence-corrected chi connectivity index (χ0v) is 9.23. The van der Waals surface area contributed by atoms with Gasteiger partial charge in [0.05, 0.1) is 5.69 Å². The summed E-state index contributed by atoms with van der Waals surface area (Å²) in [5, 5.41) is 8.85. The summed E-state index contributed by atoms with van der Waals surface area (Å²) < 4.78 is 0. The third-order valence-electron chi connectivity index (χ3n) is 2.27. The van der Waals surface area contributed by atoms with Crippen molar-refractivity contribution in [3.63, 3.8) is 0 Å². The molecule has 2 aromatic rings. The first kappa shape index (κ1) is 10.3. The first-order chi connectivity index (χ1) is 7.69. The molecule has 0 saturated heterocycles. The predicted octanol–water partition coefficient (Wildman–Crippen LogP) is 2.63. The second-order valence-corrected chi connectivity index (χ2v) is 3.67. The van der Waals surface area contributed by atoms with Gasteiger partial charge in [-0.3, -0.25) is 0 Å². The van der Waals surface area contributed by atoms with E-state index in [0.29, 0.717) is 11.5 Å². The van der Waals surface area contributed by atoms with Gasteiger partial charge in [-0.05, 0) is 19.9 Å². The van der Waals surface area contributed by atoms with Gasteiger partial charge in [0, 0.05) is 11.6 Å². The zero-order chi connectivity index (χ0) is 11.5. The molecule has 3 nitrogen and oxygen atoms in total. The molecule has 1 aromatic heterocycles. The fraction of sp³-hybridized carbons (Fsp3) is 0.154. The van der Waals surface area contributed by atoms with Crippen molar-refractivity contribution in [1.29, 1.82) is 5.26 Å². The predicted molar refractivity (Wildman–Crippen MR) is 61.7 cm³/mol. The molecule has 0 saturated carbocycles. The van der Waals surface area contributed by atoms with Gasteiger partial charge in [0.2, 0.25) is 0 Å². The minimum Gasteiger partial charge on any atom is -0.233 e. The van der Waals surface area contributed by atoms with Gasteiger partial charge in [-0.2, -0.15) is 5.26 Å². The Morgan fingerprint density at radius 1 is 1.12 bits per heavy atom. The molecule has 0 unspecified atom stereocenters. The van der Waals surface area contributed by atoms with E-state index in [4.69, 9.17) is 5.26 Å². The van der Waals surface area contributed by atoms with Crippen LogP contribution in [0.3, 0.4) is 0 Å². The maximum absolute atomic E-state index is 8.85. The number of nitriles is 1. The average molecular weight is 209 g/mol. The summed E-state index contributed by atoms with van der Waals surface area (Å²) in [5.74, 6) is 0.621. The van der Waals surface area contributed by atoms with Crippen molar-refractivity contribution in [3.8, 4) is 17.3 Å². The van der Waals surface area contributed by atoms with Gasteiger partial charge in [-0.15, -0.1) is 0 Å². The number of aryl methyl sites for hydroxylation is 2.